The molecule has 0 spiro atoms. The zero-order chi connectivity index (χ0) is 16.9. The lowest BCUT2D eigenvalue weighted by atomic mass is 9.97. The van der Waals surface area contributed by atoms with Gasteiger partial charge in [0.25, 0.3) is 5.69 Å². The summed E-state index contributed by atoms with van der Waals surface area (Å²) in [7, 11) is 0. The Bertz CT molecular complexity index is 586. The van der Waals surface area contributed by atoms with Crippen LogP contribution in [0.5, 0.6) is 0 Å². The lowest BCUT2D eigenvalue weighted by Gasteiger charge is -2.33. The van der Waals surface area contributed by atoms with Crippen molar-refractivity contribution in [3.05, 3.63) is 28.4 Å². The summed E-state index contributed by atoms with van der Waals surface area (Å²) in [5, 5.41) is 17.0. The molecule has 2 aliphatic heterocycles. The number of rotatable bonds is 5. The van der Waals surface area contributed by atoms with E-state index in [9.17, 15) is 14.9 Å². The van der Waals surface area contributed by atoms with Crippen molar-refractivity contribution in [2.45, 2.75) is 31.7 Å². The van der Waals surface area contributed by atoms with Crippen LogP contribution in [0, 0.1) is 16.0 Å². The molecule has 24 heavy (non-hydrogen) atoms. The number of aromatic nitrogens is 1. The summed E-state index contributed by atoms with van der Waals surface area (Å²) in [6.45, 7) is 3.28. The average Bonchev–Trinajstić information content (AvgIpc) is 3.15. The van der Waals surface area contributed by atoms with E-state index in [0.29, 0.717) is 12.5 Å². The van der Waals surface area contributed by atoms with Gasteiger partial charge in [0.2, 0.25) is 5.91 Å². The Kier molecular flexibility index (Phi) is 5.24. The number of amides is 1. The first-order chi connectivity index (χ1) is 11.6. The number of carbonyl (C=O) groups excluding carboxylic acids is 1. The van der Waals surface area contributed by atoms with E-state index >= 15 is 0 Å². The maximum atomic E-state index is 12.1. The van der Waals surface area contributed by atoms with Crippen LogP contribution in [-0.4, -0.2) is 48.0 Å². The Balaban J connectivity index is 1.52. The van der Waals surface area contributed by atoms with E-state index in [4.69, 9.17) is 0 Å². The molecule has 0 radical (unpaired) electrons. The van der Waals surface area contributed by atoms with Gasteiger partial charge in [-0.3, -0.25) is 14.9 Å². The first-order valence-corrected chi connectivity index (χ1v) is 8.50. The van der Waals surface area contributed by atoms with Crippen molar-refractivity contribution in [3.63, 3.8) is 0 Å². The van der Waals surface area contributed by atoms with Crippen LogP contribution in [0.4, 0.5) is 11.5 Å². The lowest BCUT2D eigenvalue weighted by molar-refractivity contribution is -0.385. The van der Waals surface area contributed by atoms with Gasteiger partial charge in [0.15, 0.2) is 0 Å². The van der Waals surface area contributed by atoms with Gasteiger partial charge in [-0.05, 0) is 44.2 Å². The number of nitro groups is 1. The highest BCUT2D eigenvalue weighted by molar-refractivity contribution is 5.82. The third-order valence-corrected chi connectivity index (χ3v) is 4.73. The second-order valence-corrected chi connectivity index (χ2v) is 6.48. The van der Waals surface area contributed by atoms with Crippen molar-refractivity contribution in [2.75, 3.05) is 31.1 Å². The van der Waals surface area contributed by atoms with Crippen molar-refractivity contribution >= 4 is 17.4 Å². The number of hydrogen-bond donors (Lipinski definition) is 2. The Labute approximate surface area is 140 Å². The SMILES string of the molecule is O=C(NCC1CCCN(c2ccc([N+](=O)[O-])cn2)C1)C1CCCN1. The first kappa shape index (κ1) is 16.6. The van der Waals surface area contributed by atoms with E-state index in [1.165, 1.54) is 12.3 Å². The average molecular weight is 333 g/mol. The second kappa shape index (κ2) is 7.57. The van der Waals surface area contributed by atoms with Gasteiger partial charge < -0.3 is 15.5 Å². The maximum Gasteiger partial charge on any atom is 0.287 e. The van der Waals surface area contributed by atoms with Crippen molar-refractivity contribution in [2.24, 2.45) is 5.92 Å². The largest absolute Gasteiger partial charge is 0.356 e. The van der Waals surface area contributed by atoms with Gasteiger partial charge in [0, 0.05) is 25.7 Å². The Morgan fingerprint density at radius 1 is 1.42 bits per heavy atom. The number of nitrogens with one attached hydrogen (secondary N) is 2. The monoisotopic (exact) mass is 333 g/mol. The van der Waals surface area contributed by atoms with Gasteiger partial charge in [-0.1, -0.05) is 0 Å². The van der Waals surface area contributed by atoms with Gasteiger partial charge in [-0.2, -0.15) is 0 Å². The van der Waals surface area contributed by atoms with Gasteiger partial charge >= 0.3 is 0 Å². The minimum absolute atomic E-state index is 0.00337. The molecule has 8 nitrogen and oxygen atoms in total. The number of anilines is 1. The topological polar surface area (TPSA) is 100 Å². The third kappa shape index (κ3) is 4.00. The molecule has 2 saturated heterocycles. The molecule has 0 saturated carbocycles. The summed E-state index contributed by atoms with van der Waals surface area (Å²) in [4.78, 5) is 28.7. The molecule has 0 aromatic carbocycles. The minimum atomic E-state index is -0.442. The van der Waals surface area contributed by atoms with Crippen LogP contribution >= 0.6 is 0 Å². The van der Waals surface area contributed by atoms with Crippen molar-refractivity contribution < 1.29 is 9.72 Å². The summed E-state index contributed by atoms with van der Waals surface area (Å²) in [6.07, 6.45) is 5.37. The van der Waals surface area contributed by atoms with Gasteiger partial charge in [-0.15, -0.1) is 0 Å². The summed E-state index contributed by atoms with van der Waals surface area (Å²) < 4.78 is 0. The molecule has 130 valence electrons. The molecule has 2 atom stereocenters. The summed E-state index contributed by atoms with van der Waals surface area (Å²) in [6, 6.07) is 3.14. The predicted octanol–water partition coefficient (Wildman–Crippen LogP) is 1.07. The van der Waals surface area contributed by atoms with E-state index in [1.54, 1.807) is 6.07 Å². The minimum Gasteiger partial charge on any atom is -0.356 e. The van der Waals surface area contributed by atoms with Gasteiger partial charge in [0.05, 0.1) is 11.0 Å². The van der Waals surface area contributed by atoms with Crippen molar-refractivity contribution in [1.82, 2.24) is 15.6 Å². The maximum absolute atomic E-state index is 12.1. The summed E-state index contributed by atoms with van der Waals surface area (Å²) >= 11 is 0. The molecular weight excluding hydrogens is 310 g/mol. The molecule has 2 fully saturated rings. The standard InChI is InChI=1S/C16H23N5O3/c22-16(14-4-1-7-17-14)19-9-12-3-2-8-20(11-12)15-6-5-13(10-18-15)21(23)24/h5-6,10,12,14,17H,1-4,7-9,11H2,(H,19,22). The molecule has 2 N–H and O–H groups in total. The molecule has 1 aromatic heterocycles. The van der Waals surface area contributed by atoms with Crippen LogP contribution in [0.1, 0.15) is 25.7 Å². The molecule has 0 aliphatic carbocycles. The van der Waals surface area contributed by atoms with E-state index in [0.717, 1.165) is 51.1 Å². The number of piperidine rings is 1. The highest BCUT2D eigenvalue weighted by Crippen LogP contribution is 2.22. The van der Waals surface area contributed by atoms with Crippen LogP contribution in [0.15, 0.2) is 18.3 Å². The van der Waals surface area contributed by atoms with E-state index in [-0.39, 0.29) is 17.6 Å². The van der Waals surface area contributed by atoms with E-state index < -0.39 is 4.92 Å². The number of nitrogens with zero attached hydrogens (tertiary/aromatic N) is 3. The summed E-state index contributed by atoms with van der Waals surface area (Å²) in [5.74, 6) is 1.23. The lowest BCUT2D eigenvalue weighted by Crippen LogP contribution is -2.45. The Hall–Kier alpha value is -2.22. The fourth-order valence-electron chi connectivity index (χ4n) is 3.39. The van der Waals surface area contributed by atoms with Crippen molar-refractivity contribution in [1.29, 1.82) is 0 Å². The molecule has 2 unspecified atom stereocenters. The molecule has 3 rings (SSSR count). The van der Waals surface area contributed by atoms with E-state index in [2.05, 4.69) is 20.5 Å². The molecule has 1 aromatic rings. The molecule has 8 heteroatoms. The normalized spacial score (nSPS) is 23.9. The smallest absolute Gasteiger partial charge is 0.287 e. The highest BCUT2D eigenvalue weighted by Gasteiger charge is 2.25. The first-order valence-electron chi connectivity index (χ1n) is 8.50. The molecular formula is C16H23N5O3. The van der Waals surface area contributed by atoms with Crippen molar-refractivity contribution in [3.8, 4) is 0 Å². The van der Waals surface area contributed by atoms with Gasteiger partial charge in [-0.25, -0.2) is 4.98 Å². The second-order valence-electron chi connectivity index (χ2n) is 6.48. The van der Waals surface area contributed by atoms with Crippen LogP contribution in [0.25, 0.3) is 0 Å². The zero-order valence-corrected chi connectivity index (χ0v) is 13.6. The van der Waals surface area contributed by atoms with E-state index in [1.807, 2.05) is 0 Å². The summed E-state index contributed by atoms with van der Waals surface area (Å²) in [5.41, 5.74) is 0.00337. The molecule has 3 heterocycles. The molecule has 2 aliphatic rings. The molecule has 1 amide bonds. The Morgan fingerprint density at radius 3 is 2.96 bits per heavy atom. The fourth-order valence-corrected chi connectivity index (χ4v) is 3.39. The number of pyridine rings is 1. The third-order valence-electron chi connectivity index (χ3n) is 4.73. The van der Waals surface area contributed by atoms with Crippen LogP contribution in [0.3, 0.4) is 0 Å². The molecule has 0 bridgehead atoms. The zero-order valence-electron chi connectivity index (χ0n) is 13.6. The Morgan fingerprint density at radius 2 is 2.29 bits per heavy atom. The van der Waals surface area contributed by atoms with Gasteiger partial charge in [0.1, 0.15) is 12.0 Å². The number of carbonyl (C=O) groups is 1. The van der Waals surface area contributed by atoms with Crippen LogP contribution < -0.4 is 15.5 Å². The number of hydrogen-bond acceptors (Lipinski definition) is 6. The highest BCUT2D eigenvalue weighted by atomic mass is 16.6. The van der Waals surface area contributed by atoms with Crippen LogP contribution in [-0.2, 0) is 4.79 Å². The fraction of sp³-hybridized carbons (Fsp3) is 0.625. The predicted molar refractivity (Wildman–Crippen MR) is 89.9 cm³/mol. The quantitative estimate of drug-likeness (QED) is 0.618. The van der Waals surface area contributed by atoms with Crippen LogP contribution in [0.2, 0.25) is 0 Å².